The number of nitrogens with zero attached hydrogens (tertiary/aromatic N) is 2. The van der Waals surface area contributed by atoms with Gasteiger partial charge in [0.25, 0.3) is 11.5 Å². The molecule has 4 rings (SSSR count). The van der Waals surface area contributed by atoms with Crippen LogP contribution in [-0.2, 0) is 0 Å². The Balaban J connectivity index is 0.00000196. The molecule has 4 heterocycles. The summed E-state index contributed by atoms with van der Waals surface area (Å²) < 4.78 is 1.91. The number of aryl methyl sites for hydroxylation is 2. The van der Waals surface area contributed by atoms with Gasteiger partial charge in [0.15, 0.2) is 0 Å². The number of hydrogen-bond acceptors (Lipinski definition) is 5. The van der Waals surface area contributed by atoms with Crippen LogP contribution in [0.4, 0.5) is 0 Å². The van der Waals surface area contributed by atoms with Crippen LogP contribution in [0.1, 0.15) is 44.4 Å². The smallest absolute Gasteiger partial charge is 0.263 e. The van der Waals surface area contributed by atoms with Gasteiger partial charge in [0, 0.05) is 37.3 Å². The number of rotatable bonds is 3. The molecule has 2 aromatic heterocycles. The number of nitrogens with one attached hydrogen (secondary N) is 2. The number of carbonyl (C=O) groups excluding carboxylic acids is 1. The van der Waals surface area contributed by atoms with Crippen LogP contribution in [0, 0.1) is 19.8 Å². The van der Waals surface area contributed by atoms with Gasteiger partial charge in [0.05, 0.1) is 16.7 Å². The average molecular weight is 395 g/mol. The zero-order chi connectivity index (χ0) is 17.6. The molecule has 2 aromatic rings. The molecule has 1 fully saturated rings. The fourth-order valence-electron chi connectivity index (χ4n) is 4.19. The summed E-state index contributed by atoms with van der Waals surface area (Å²) in [5, 5.41) is 7.40. The minimum atomic E-state index is -0.0977. The highest BCUT2D eigenvalue weighted by molar-refractivity contribution is 7.13. The van der Waals surface area contributed by atoms with Gasteiger partial charge in [-0.2, -0.15) is 0 Å². The monoisotopic (exact) mass is 394 g/mol. The molecular formula is C18H23ClN4O2S. The molecule has 8 heteroatoms. The molecule has 2 N–H and O–H groups in total. The lowest BCUT2D eigenvalue weighted by Gasteiger charge is -2.43. The fourth-order valence-corrected chi connectivity index (χ4v) is 5.02. The number of thiazole rings is 1. The van der Waals surface area contributed by atoms with Gasteiger partial charge in [-0.05, 0) is 32.3 Å². The third kappa shape index (κ3) is 3.31. The van der Waals surface area contributed by atoms with Gasteiger partial charge in [0.1, 0.15) is 4.88 Å². The van der Waals surface area contributed by atoms with Crippen LogP contribution in [0.3, 0.4) is 0 Å². The van der Waals surface area contributed by atoms with Gasteiger partial charge in [-0.25, -0.2) is 4.98 Å². The Bertz CT molecular complexity index is 878. The molecule has 0 aromatic carbocycles. The number of carbonyl (C=O) groups is 1. The molecule has 1 saturated heterocycles. The van der Waals surface area contributed by atoms with E-state index in [0.29, 0.717) is 23.3 Å². The van der Waals surface area contributed by atoms with E-state index in [4.69, 9.17) is 0 Å². The van der Waals surface area contributed by atoms with Crippen LogP contribution in [0.25, 0.3) is 0 Å². The molecule has 2 aliphatic heterocycles. The molecule has 0 unspecified atom stereocenters. The number of hydrogen-bond donors (Lipinski definition) is 2. The second-order valence-electron chi connectivity index (χ2n) is 6.93. The van der Waals surface area contributed by atoms with Gasteiger partial charge < -0.3 is 15.2 Å². The van der Waals surface area contributed by atoms with Crippen LogP contribution in [0.5, 0.6) is 0 Å². The molecule has 2 aliphatic rings. The molecule has 0 spiro atoms. The molecular weight excluding hydrogens is 372 g/mol. The van der Waals surface area contributed by atoms with E-state index in [9.17, 15) is 9.59 Å². The summed E-state index contributed by atoms with van der Waals surface area (Å²) in [6.45, 7) is 6.02. The molecule has 1 amide bonds. The first-order chi connectivity index (χ1) is 12.0. The third-order valence-corrected chi connectivity index (χ3v) is 6.35. The van der Waals surface area contributed by atoms with Crippen LogP contribution < -0.4 is 16.2 Å². The van der Waals surface area contributed by atoms with Gasteiger partial charge in [-0.3, -0.25) is 9.59 Å². The highest BCUT2D eigenvalue weighted by Crippen LogP contribution is 2.38. The van der Waals surface area contributed by atoms with Gasteiger partial charge >= 0.3 is 0 Å². The van der Waals surface area contributed by atoms with Gasteiger partial charge in [-0.1, -0.05) is 6.07 Å². The first-order valence-corrected chi connectivity index (χ1v) is 9.50. The van der Waals surface area contributed by atoms with Crippen molar-refractivity contribution in [3.05, 3.63) is 49.8 Å². The normalized spacial score (nSPS) is 23.7. The van der Waals surface area contributed by atoms with Crippen molar-refractivity contribution in [1.82, 2.24) is 20.2 Å². The topological polar surface area (TPSA) is 76.0 Å². The molecule has 3 atom stereocenters. The highest BCUT2D eigenvalue weighted by Gasteiger charge is 2.37. The first kappa shape index (κ1) is 19.1. The summed E-state index contributed by atoms with van der Waals surface area (Å²) in [5.41, 5.74) is 1.87. The maximum atomic E-state index is 12.5. The molecule has 0 aliphatic carbocycles. The SMILES string of the molecule is Cc1nc(C)c(C(=O)NC[C@H]2[C@@H]3CNC[C@@H](C3)c3cccc(=O)n32)s1.Cl. The Morgan fingerprint density at radius 1 is 1.38 bits per heavy atom. The lowest BCUT2D eigenvalue weighted by Crippen LogP contribution is -2.50. The van der Waals surface area contributed by atoms with Crippen LogP contribution in [-0.4, -0.2) is 35.1 Å². The van der Waals surface area contributed by atoms with Crippen molar-refractivity contribution in [2.24, 2.45) is 5.92 Å². The zero-order valence-electron chi connectivity index (χ0n) is 14.8. The predicted molar refractivity (Wildman–Crippen MR) is 105 cm³/mol. The first-order valence-electron chi connectivity index (χ1n) is 8.69. The zero-order valence-corrected chi connectivity index (χ0v) is 16.5. The molecule has 0 saturated carbocycles. The summed E-state index contributed by atoms with van der Waals surface area (Å²) in [4.78, 5) is 30.0. The van der Waals surface area contributed by atoms with Crippen molar-refractivity contribution in [3.63, 3.8) is 0 Å². The van der Waals surface area contributed by atoms with Crippen LogP contribution >= 0.6 is 23.7 Å². The van der Waals surface area contributed by atoms with E-state index in [0.717, 1.165) is 35.9 Å². The summed E-state index contributed by atoms with van der Waals surface area (Å²) in [6, 6.07) is 5.48. The molecule has 26 heavy (non-hydrogen) atoms. The summed E-state index contributed by atoms with van der Waals surface area (Å²) in [6.07, 6.45) is 1.07. The number of pyridine rings is 1. The quantitative estimate of drug-likeness (QED) is 0.835. The largest absolute Gasteiger partial charge is 0.349 e. The van der Waals surface area contributed by atoms with Crippen molar-refractivity contribution in [3.8, 4) is 0 Å². The lowest BCUT2D eigenvalue weighted by atomic mass is 9.79. The maximum absolute atomic E-state index is 12.5. The standard InChI is InChI=1S/C18H22N4O2S.ClH/c1-10-17(25-11(2)21-10)18(24)20-9-15-13-6-12(7-19-8-13)14-4-3-5-16(23)22(14)15;/h3-5,12-13,15,19H,6-9H2,1-2H3,(H,20,24);1H/t12-,13+,15+;/m1./s1. The van der Waals surface area contributed by atoms with E-state index in [1.54, 1.807) is 6.07 Å². The number of piperidine rings is 1. The van der Waals surface area contributed by atoms with E-state index in [-0.39, 0.29) is 29.9 Å². The number of aromatic nitrogens is 2. The van der Waals surface area contributed by atoms with E-state index in [2.05, 4.69) is 15.6 Å². The highest BCUT2D eigenvalue weighted by atomic mass is 35.5. The summed E-state index contributed by atoms with van der Waals surface area (Å²) in [5.74, 6) is 0.640. The van der Waals surface area contributed by atoms with Gasteiger partial charge in [0.2, 0.25) is 0 Å². The van der Waals surface area contributed by atoms with E-state index >= 15 is 0 Å². The second-order valence-corrected chi connectivity index (χ2v) is 8.14. The van der Waals surface area contributed by atoms with Crippen molar-refractivity contribution in [2.75, 3.05) is 19.6 Å². The van der Waals surface area contributed by atoms with Crippen molar-refractivity contribution < 1.29 is 4.79 Å². The van der Waals surface area contributed by atoms with Crippen molar-refractivity contribution in [2.45, 2.75) is 32.2 Å². The van der Waals surface area contributed by atoms with E-state index < -0.39 is 0 Å². The second kappa shape index (κ2) is 7.50. The number of fused-ring (bicyclic) bond motifs is 4. The number of halogens is 1. The van der Waals surface area contributed by atoms with E-state index in [1.807, 2.05) is 30.5 Å². The predicted octanol–water partition coefficient (Wildman–Crippen LogP) is 2.02. The van der Waals surface area contributed by atoms with Crippen LogP contribution in [0.15, 0.2) is 23.0 Å². The average Bonchev–Trinajstić information content (AvgIpc) is 2.94. The number of amides is 1. The minimum Gasteiger partial charge on any atom is -0.349 e. The fraction of sp³-hybridized carbons (Fsp3) is 0.500. The Morgan fingerprint density at radius 2 is 2.19 bits per heavy atom. The Labute approximate surface area is 162 Å². The molecule has 2 bridgehead atoms. The Kier molecular flexibility index (Phi) is 5.50. The van der Waals surface area contributed by atoms with Crippen molar-refractivity contribution in [1.29, 1.82) is 0 Å². The summed E-state index contributed by atoms with van der Waals surface area (Å²) in [7, 11) is 0. The third-order valence-electron chi connectivity index (χ3n) is 5.28. The van der Waals surface area contributed by atoms with Crippen LogP contribution in [0.2, 0.25) is 0 Å². The molecule has 0 radical (unpaired) electrons. The lowest BCUT2D eigenvalue weighted by molar-refractivity contribution is 0.0935. The van der Waals surface area contributed by atoms with E-state index in [1.165, 1.54) is 11.3 Å². The maximum Gasteiger partial charge on any atom is 0.263 e. The van der Waals surface area contributed by atoms with Gasteiger partial charge in [-0.15, -0.1) is 23.7 Å². The molecule has 6 nitrogen and oxygen atoms in total. The Morgan fingerprint density at radius 3 is 2.92 bits per heavy atom. The minimum absolute atomic E-state index is 0. The summed E-state index contributed by atoms with van der Waals surface area (Å²) >= 11 is 1.41. The van der Waals surface area contributed by atoms with Crippen molar-refractivity contribution >= 4 is 29.7 Å². The molecule has 140 valence electrons. The Hall–Kier alpha value is -1.70.